The van der Waals surface area contributed by atoms with E-state index >= 15 is 0 Å². The Kier molecular flexibility index (Phi) is 7.41. The summed E-state index contributed by atoms with van der Waals surface area (Å²) in [6.07, 6.45) is 0. The van der Waals surface area contributed by atoms with Gasteiger partial charge in [0.2, 0.25) is 0 Å². The fraction of sp³-hybridized carbons (Fsp3) is 0. The minimum absolute atomic E-state index is 0.00876. The first-order chi connectivity index (χ1) is 25.2. The number of aromatic nitrogens is 3. The molecule has 236 valence electrons. The number of fused-ring (bicyclic) bond motifs is 3. The van der Waals surface area contributed by atoms with Crippen LogP contribution in [0.1, 0.15) is 28.6 Å². The minimum Gasteiger partial charge on any atom is -0.250 e. The number of hydrogen-bond donors (Lipinski definition) is 0. The van der Waals surface area contributed by atoms with Gasteiger partial charge in [0.05, 0.1) is 63.0 Å². The van der Waals surface area contributed by atoms with Crippen LogP contribution < -0.4 is 32.1 Å². The van der Waals surface area contributed by atoms with Crippen LogP contribution in [-0.4, -0.2) is 15.0 Å². The Morgan fingerprint density at radius 2 is 0.885 bits per heavy atom. The number of hydrogen-bond acceptors (Lipinski definition) is 13. The van der Waals surface area contributed by atoms with Gasteiger partial charge in [-0.05, 0) is 24.3 Å². The van der Waals surface area contributed by atoms with Crippen molar-refractivity contribution >= 4 is 28.2 Å². The largest absolute Gasteiger partial charge is 0.274 e. The van der Waals surface area contributed by atoms with Gasteiger partial charge < -0.3 is 0 Å². The summed E-state index contributed by atoms with van der Waals surface area (Å²) < 4.78 is 28.0. The van der Waals surface area contributed by atoms with E-state index in [0.717, 1.165) is 12.1 Å². The van der Waals surface area contributed by atoms with Crippen LogP contribution >= 0.6 is 0 Å². The Labute approximate surface area is 287 Å². The summed E-state index contributed by atoms with van der Waals surface area (Å²) in [5.74, 6) is -4.56. The summed E-state index contributed by atoms with van der Waals surface area (Å²) in [7, 11) is 0. The molecule has 1 aromatic heterocycles. The molecule has 0 fully saturated rings. The first kappa shape index (κ1) is 31.6. The Morgan fingerprint density at radius 1 is 0.519 bits per heavy atom. The molecule has 0 spiro atoms. The number of nitriles is 4. The number of nitrogens with zero attached hydrogens (tertiary/aromatic N) is 16. The number of allylic oxidation sites excluding steroid dienone is 2. The lowest BCUT2D eigenvalue weighted by atomic mass is 10.1. The van der Waals surface area contributed by atoms with E-state index in [1.54, 1.807) is 0 Å². The standard InChI is InChI=1S/C34H6F2N16/c1-41-20-8-26-27(9-21(20)42-2)47-30(46-26)17(13-40)32-50-31(16(12-39)29-44-22-4-14(10-37)15(11-38)5-23(22)45-29)51-34(52-32)28(43-3)33-48-24-6-18(35)19(36)7-25(24)49-33/h4-9H. The Morgan fingerprint density at radius 3 is 1.25 bits per heavy atom. The van der Waals surface area contributed by atoms with Crippen LogP contribution in [0.3, 0.4) is 0 Å². The van der Waals surface area contributed by atoms with E-state index < -0.39 is 34.8 Å². The van der Waals surface area contributed by atoms with E-state index in [1.807, 2.05) is 24.3 Å². The van der Waals surface area contributed by atoms with E-state index in [1.165, 1.54) is 24.3 Å². The average molecular weight is 677 g/mol. The summed E-state index contributed by atoms with van der Waals surface area (Å²) in [4.78, 5) is 48.6. The fourth-order valence-electron chi connectivity index (χ4n) is 4.95. The van der Waals surface area contributed by atoms with E-state index in [0.29, 0.717) is 0 Å². The molecule has 0 unspecified atom stereocenters. The van der Waals surface area contributed by atoms with Crippen LogP contribution in [0.15, 0.2) is 83.8 Å². The summed E-state index contributed by atoms with van der Waals surface area (Å²) in [5.41, 5.74) is -1.16. The quantitative estimate of drug-likeness (QED) is 0.231. The van der Waals surface area contributed by atoms with Crippen molar-refractivity contribution in [3.05, 3.63) is 160 Å². The van der Waals surface area contributed by atoms with Crippen molar-refractivity contribution in [2.24, 2.45) is 30.0 Å². The van der Waals surface area contributed by atoms with Gasteiger partial charge in [-0.1, -0.05) is 0 Å². The van der Waals surface area contributed by atoms with Crippen LogP contribution in [0.2, 0.25) is 0 Å². The van der Waals surface area contributed by atoms with Gasteiger partial charge in [0.1, 0.15) is 35.4 Å². The number of rotatable bonds is 3. The van der Waals surface area contributed by atoms with Gasteiger partial charge >= 0.3 is 0 Å². The maximum atomic E-state index is 14.0. The smallest absolute Gasteiger partial charge is 0.250 e. The fourth-order valence-corrected chi connectivity index (χ4v) is 4.95. The second kappa shape index (κ2) is 12.2. The van der Waals surface area contributed by atoms with E-state index in [4.69, 9.17) is 19.7 Å². The molecule has 7 rings (SSSR count). The molecule has 4 aromatic rings. The van der Waals surface area contributed by atoms with Gasteiger partial charge in [0.15, 0.2) is 57.9 Å². The molecule has 0 saturated heterocycles. The third kappa shape index (κ3) is 5.13. The molecule has 0 radical (unpaired) electrons. The third-order valence-electron chi connectivity index (χ3n) is 7.33. The first-order valence-corrected chi connectivity index (χ1v) is 14.1. The van der Waals surface area contributed by atoms with Crippen molar-refractivity contribution in [3.8, 4) is 24.3 Å². The lowest BCUT2D eigenvalue weighted by molar-refractivity contribution is 0.506. The lowest BCUT2D eigenvalue weighted by Gasteiger charge is -2.07. The zero-order chi connectivity index (χ0) is 36.7. The molecule has 3 aromatic carbocycles. The van der Waals surface area contributed by atoms with Crippen molar-refractivity contribution in [3.63, 3.8) is 0 Å². The van der Waals surface area contributed by atoms with Gasteiger partial charge in [-0.2, -0.15) is 21.0 Å². The summed E-state index contributed by atoms with van der Waals surface area (Å²) in [6.45, 7) is 22.7. The molecular weight excluding hydrogens is 670 g/mol. The van der Waals surface area contributed by atoms with Crippen LogP contribution in [0.5, 0.6) is 0 Å². The van der Waals surface area contributed by atoms with Crippen LogP contribution in [0.25, 0.3) is 31.4 Å². The predicted octanol–water partition coefficient (Wildman–Crippen LogP) is 1.78. The highest BCUT2D eigenvalue weighted by atomic mass is 19.2. The SMILES string of the molecule is [C-]#[N+]C(=C1N=c2cc(F)c(F)cc2=N1)c1nc(C(C#N)=C2N=c3cc(C#N)c(C#N)cc3=N2)nc(C(C#N)=C2N=c3cc([N+]#[C-])c([N+]#[C-])cc3=N2)n1. The molecule has 3 aliphatic heterocycles. The monoisotopic (exact) mass is 676 g/mol. The van der Waals surface area contributed by atoms with Gasteiger partial charge in [-0.3, -0.25) is 9.69 Å². The normalized spacial score (nSPS) is 12.3. The molecule has 0 N–H and O–H groups in total. The van der Waals surface area contributed by atoms with Crippen molar-refractivity contribution in [1.29, 1.82) is 21.0 Å². The molecule has 0 amide bonds. The maximum absolute atomic E-state index is 14.0. The molecule has 0 saturated carbocycles. The molecule has 18 heteroatoms. The second-order valence-corrected chi connectivity index (χ2v) is 10.3. The van der Waals surface area contributed by atoms with E-state index in [2.05, 4.69) is 59.4 Å². The highest BCUT2D eigenvalue weighted by Gasteiger charge is 2.25. The molecule has 3 aliphatic rings. The Hall–Kier alpha value is -9.02. The summed E-state index contributed by atoms with van der Waals surface area (Å²) in [5, 5.41) is 40.1. The average Bonchev–Trinajstić information content (AvgIpc) is 3.87. The van der Waals surface area contributed by atoms with Crippen molar-refractivity contribution < 1.29 is 8.78 Å². The van der Waals surface area contributed by atoms with Gasteiger partial charge in [0, 0.05) is 12.1 Å². The van der Waals surface area contributed by atoms with Crippen LogP contribution in [-0.2, 0) is 0 Å². The van der Waals surface area contributed by atoms with Crippen LogP contribution in [0, 0.1) is 76.7 Å². The second-order valence-electron chi connectivity index (χ2n) is 10.3. The molecule has 0 aliphatic carbocycles. The highest BCUT2D eigenvalue weighted by molar-refractivity contribution is 5.81. The molecule has 0 atom stereocenters. The van der Waals surface area contributed by atoms with E-state index in [-0.39, 0.29) is 83.3 Å². The summed E-state index contributed by atoms with van der Waals surface area (Å²) >= 11 is 0. The summed E-state index contributed by atoms with van der Waals surface area (Å²) in [6, 6.07) is 14.5. The maximum Gasteiger partial charge on any atom is 0.274 e. The first-order valence-electron chi connectivity index (χ1n) is 14.1. The van der Waals surface area contributed by atoms with Gasteiger partial charge in [0.25, 0.3) is 5.70 Å². The topological polar surface area (TPSA) is 221 Å². The van der Waals surface area contributed by atoms with Crippen LogP contribution in [0.4, 0.5) is 20.2 Å². The zero-order valence-corrected chi connectivity index (χ0v) is 25.4. The number of halogens is 2. The molecular formula is C34H6F2N16. The minimum atomic E-state index is -1.20. The molecule has 4 heterocycles. The molecule has 0 bridgehead atoms. The van der Waals surface area contributed by atoms with Crippen molar-refractivity contribution in [2.75, 3.05) is 0 Å². The lowest BCUT2D eigenvalue weighted by Crippen LogP contribution is -2.23. The third-order valence-corrected chi connectivity index (χ3v) is 7.33. The Bertz CT molecular complexity index is 2930. The molecule has 16 nitrogen and oxygen atoms in total. The highest BCUT2D eigenvalue weighted by Crippen LogP contribution is 2.28. The van der Waals surface area contributed by atoms with E-state index in [9.17, 15) is 29.8 Å². The van der Waals surface area contributed by atoms with Crippen molar-refractivity contribution in [1.82, 2.24) is 15.0 Å². The molecule has 52 heavy (non-hydrogen) atoms. The number of benzene rings is 3. The van der Waals surface area contributed by atoms with Crippen molar-refractivity contribution in [2.45, 2.75) is 0 Å². The van der Waals surface area contributed by atoms with Gasteiger partial charge in [-0.15, -0.1) is 0 Å². The zero-order valence-electron chi connectivity index (χ0n) is 25.4. The van der Waals surface area contributed by atoms with Gasteiger partial charge in [-0.25, -0.2) is 58.5 Å². The Balaban J connectivity index is 1.51. The predicted molar refractivity (Wildman–Crippen MR) is 167 cm³/mol.